The first-order valence-electron chi connectivity index (χ1n) is 14.5. The van der Waals surface area contributed by atoms with Crippen molar-refractivity contribution in [2.45, 2.75) is 58.2 Å². The first-order valence-corrected chi connectivity index (χ1v) is 15.3. The summed E-state index contributed by atoms with van der Waals surface area (Å²) in [5.74, 6) is -2.43. The van der Waals surface area contributed by atoms with Gasteiger partial charge in [-0.05, 0) is 58.7 Å². The fourth-order valence-electron chi connectivity index (χ4n) is 5.11. The minimum Gasteiger partial charge on any atom is -0.444 e. The molecule has 12 nitrogen and oxygen atoms in total. The summed E-state index contributed by atoms with van der Waals surface area (Å²) in [6.45, 7) is 8.15. The molecular formula is C29H39F2N7O5S. The second-order valence-corrected chi connectivity index (χ2v) is 12.5. The maximum atomic E-state index is 14.6. The van der Waals surface area contributed by atoms with Crippen molar-refractivity contribution >= 4 is 34.0 Å². The Hall–Kier alpha value is -3.50. The van der Waals surface area contributed by atoms with E-state index < -0.39 is 34.8 Å². The molecule has 1 atom stereocenters. The molecule has 1 fully saturated rings. The van der Waals surface area contributed by atoms with Gasteiger partial charge in [0.2, 0.25) is 0 Å². The highest BCUT2D eigenvalue weighted by atomic mass is 32.1. The lowest BCUT2D eigenvalue weighted by Crippen LogP contribution is -2.40. The number of anilines is 2. The number of H-pyrrole nitrogens is 1. The topological polar surface area (TPSA) is 156 Å². The van der Waals surface area contributed by atoms with Gasteiger partial charge in [-0.2, -0.15) is 5.10 Å². The predicted octanol–water partition coefficient (Wildman–Crippen LogP) is 4.05. The Morgan fingerprint density at radius 3 is 2.50 bits per heavy atom. The zero-order valence-corrected chi connectivity index (χ0v) is 25.8. The number of carbonyl (C=O) groups is 2. The Morgan fingerprint density at radius 2 is 1.84 bits per heavy atom. The average Bonchev–Trinajstić information content (AvgIpc) is 3.47. The zero-order chi connectivity index (χ0) is 31.9. The van der Waals surface area contributed by atoms with E-state index in [-0.39, 0.29) is 35.0 Å². The van der Waals surface area contributed by atoms with Gasteiger partial charge in [0.05, 0.1) is 36.4 Å². The van der Waals surface area contributed by atoms with Gasteiger partial charge in [0, 0.05) is 32.2 Å². The molecule has 2 aromatic heterocycles. The number of benzene rings is 1. The molecule has 1 saturated heterocycles. The van der Waals surface area contributed by atoms with Crippen LogP contribution in [0.1, 0.15) is 56.2 Å². The highest BCUT2D eigenvalue weighted by molar-refractivity contribution is 7.19. The molecule has 0 spiro atoms. The molecular weight excluding hydrogens is 596 g/mol. The Bertz CT molecular complexity index is 1400. The lowest BCUT2D eigenvalue weighted by Gasteiger charge is -2.30. The van der Waals surface area contributed by atoms with Crippen molar-refractivity contribution in [3.63, 3.8) is 0 Å². The molecule has 0 unspecified atom stereocenters. The predicted molar refractivity (Wildman–Crippen MR) is 163 cm³/mol. The molecule has 3 heterocycles. The van der Waals surface area contributed by atoms with Gasteiger partial charge < -0.3 is 20.3 Å². The molecule has 0 radical (unpaired) electrons. The van der Waals surface area contributed by atoms with Crippen molar-refractivity contribution in [1.82, 2.24) is 25.0 Å². The number of hydrogen-bond donors (Lipinski definition) is 5. The Kier molecular flexibility index (Phi) is 11.4. The second-order valence-electron chi connectivity index (χ2n) is 11.5. The number of aliphatic hydroxyl groups excluding tert-OH is 2. The number of aromatic nitrogens is 3. The van der Waals surface area contributed by atoms with Crippen LogP contribution in [-0.4, -0.2) is 98.2 Å². The fraction of sp³-hybridized carbons (Fsp3) is 0.517. The number of likely N-dealkylation sites (tertiary alicyclic amines) is 1. The minimum absolute atomic E-state index is 0.0299. The van der Waals surface area contributed by atoms with Gasteiger partial charge in [-0.3, -0.25) is 25.0 Å². The normalized spacial score (nSPS) is 16.1. The van der Waals surface area contributed by atoms with Crippen LogP contribution in [-0.2, 0) is 11.3 Å². The van der Waals surface area contributed by atoms with Gasteiger partial charge in [0.25, 0.3) is 5.91 Å². The van der Waals surface area contributed by atoms with E-state index in [9.17, 15) is 28.6 Å². The van der Waals surface area contributed by atoms with Crippen molar-refractivity contribution < 1.29 is 33.3 Å². The number of nitrogens with one attached hydrogen (secondary N) is 3. The molecule has 240 valence electrons. The highest BCUT2D eigenvalue weighted by Gasteiger charge is 2.27. The number of halogens is 2. The molecule has 2 amide bonds. The van der Waals surface area contributed by atoms with Crippen molar-refractivity contribution in [3.8, 4) is 10.6 Å². The van der Waals surface area contributed by atoms with E-state index >= 15 is 0 Å². The molecule has 0 saturated carbocycles. The number of nitrogens with zero attached hydrogens (tertiary/aromatic N) is 4. The van der Waals surface area contributed by atoms with E-state index in [1.807, 2.05) is 0 Å². The Balaban J connectivity index is 1.51. The van der Waals surface area contributed by atoms with E-state index in [0.717, 1.165) is 55.8 Å². The summed E-state index contributed by atoms with van der Waals surface area (Å²) in [5.41, 5.74) is -0.434. The van der Waals surface area contributed by atoms with Gasteiger partial charge in [0.15, 0.2) is 5.69 Å². The van der Waals surface area contributed by atoms with Crippen molar-refractivity contribution in [1.29, 1.82) is 0 Å². The van der Waals surface area contributed by atoms with Gasteiger partial charge in [-0.15, -0.1) is 0 Å². The summed E-state index contributed by atoms with van der Waals surface area (Å²) in [5, 5.41) is 31.0. The Morgan fingerprint density at radius 1 is 1.14 bits per heavy atom. The maximum Gasteiger partial charge on any atom is 0.412 e. The van der Waals surface area contributed by atoms with Gasteiger partial charge in [-0.1, -0.05) is 17.4 Å². The number of thiazole rings is 1. The van der Waals surface area contributed by atoms with Gasteiger partial charge in [0.1, 0.15) is 27.2 Å². The number of aromatic amines is 1. The molecule has 5 N–H and O–H groups in total. The van der Waals surface area contributed by atoms with Crippen LogP contribution in [0.5, 0.6) is 0 Å². The molecule has 1 aliphatic rings. The van der Waals surface area contributed by atoms with Crippen LogP contribution in [0.15, 0.2) is 24.4 Å². The summed E-state index contributed by atoms with van der Waals surface area (Å²) < 4.78 is 34.5. The summed E-state index contributed by atoms with van der Waals surface area (Å²) >= 11 is 0.750. The van der Waals surface area contributed by atoms with E-state index in [1.54, 1.807) is 20.8 Å². The van der Waals surface area contributed by atoms with Crippen LogP contribution in [0.3, 0.4) is 0 Å². The molecule has 44 heavy (non-hydrogen) atoms. The number of ether oxygens (including phenoxy) is 1. The van der Waals surface area contributed by atoms with Gasteiger partial charge >= 0.3 is 6.09 Å². The van der Waals surface area contributed by atoms with E-state index in [4.69, 9.17) is 4.74 Å². The number of carbonyl (C=O) groups excluding carboxylic acids is 2. The number of rotatable bonds is 11. The number of hydrogen-bond acceptors (Lipinski definition) is 10. The molecule has 0 bridgehead atoms. The molecule has 4 rings (SSSR count). The standard InChI is InChI=1S/C29H39F2N7O5S/c1-29(2,3)43-28(42)35-27-24(34-26(44-27)23-19(30)7-4-8-20(23)31)25(41)33-21-16-32-36-22(21)17-37-10-5-6-18(9-11-37)38(12-14-39)13-15-40/h4,7-8,16,18,39-40H,5-6,9-15,17H2,1-3H3,(H,32,36)(H,33,41)(H,35,42)/t18-/m1/s1. The first kappa shape index (κ1) is 33.4. The van der Waals surface area contributed by atoms with Crippen LogP contribution < -0.4 is 10.6 Å². The summed E-state index contributed by atoms with van der Waals surface area (Å²) in [7, 11) is 0. The largest absolute Gasteiger partial charge is 0.444 e. The average molecular weight is 636 g/mol. The quantitative estimate of drug-likeness (QED) is 0.210. The fourth-order valence-corrected chi connectivity index (χ4v) is 6.10. The van der Waals surface area contributed by atoms with Crippen LogP contribution in [0.2, 0.25) is 0 Å². The summed E-state index contributed by atoms with van der Waals surface area (Å²) in [4.78, 5) is 34.6. The van der Waals surface area contributed by atoms with Crippen molar-refractivity contribution in [2.75, 3.05) is 50.0 Å². The third kappa shape index (κ3) is 8.79. The third-order valence-electron chi connectivity index (χ3n) is 7.06. The lowest BCUT2D eigenvalue weighted by molar-refractivity contribution is 0.0636. The molecule has 15 heteroatoms. The molecule has 3 aromatic rings. The highest BCUT2D eigenvalue weighted by Crippen LogP contribution is 2.36. The number of amides is 2. The monoisotopic (exact) mass is 635 g/mol. The van der Waals surface area contributed by atoms with Crippen LogP contribution >= 0.6 is 11.3 Å². The van der Waals surface area contributed by atoms with Crippen LogP contribution in [0.25, 0.3) is 10.6 Å². The summed E-state index contributed by atoms with van der Waals surface area (Å²) in [6.07, 6.45) is 3.32. The third-order valence-corrected chi connectivity index (χ3v) is 8.05. The van der Waals surface area contributed by atoms with E-state index in [1.165, 1.54) is 12.3 Å². The van der Waals surface area contributed by atoms with Crippen LogP contribution in [0.4, 0.5) is 24.3 Å². The van der Waals surface area contributed by atoms with E-state index in [0.29, 0.717) is 31.0 Å². The van der Waals surface area contributed by atoms with Crippen molar-refractivity contribution in [2.24, 2.45) is 0 Å². The SMILES string of the molecule is CC(C)(C)OC(=O)Nc1sc(-c2c(F)cccc2F)nc1C(=O)Nc1cn[nH]c1CN1CCC[C@@H](N(CCO)CCO)CC1. The second kappa shape index (κ2) is 15.0. The minimum atomic E-state index is -0.859. The molecule has 0 aliphatic carbocycles. The zero-order valence-electron chi connectivity index (χ0n) is 25.0. The van der Waals surface area contributed by atoms with E-state index in [2.05, 4.69) is 35.6 Å². The smallest absolute Gasteiger partial charge is 0.412 e. The Labute approximate surface area is 258 Å². The molecule has 1 aliphatic heterocycles. The van der Waals surface area contributed by atoms with Crippen molar-refractivity contribution in [3.05, 3.63) is 47.4 Å². The number of aliphatic hydroxyl groups is 2. The maximum absolute atomic E-state index is 14.6. The van der Waals surface area contributed by atoms with Crippen LogP contribution in [0, 0.1) is 11.6 Å². The lowest BCUT2D eigenvalue weighted by atomic mass is 10.1. The van der Waals surface area contributed by atoms with Gasteiger partial charge in [-0.25, -0.2) is 18.6 Å². The molecule has 1 aromatic carbocycles. The summed E-state index contributed by atoms with van der Waals surface area (Å²) in [6, 6.07) is 3.63. The first-order chi connectivity index (χ1) is 21.0.